The number of hydrogen-bond donors (Lipinski definition) is 0. The topological polar surface area (TPSA) is 110 Å². The van der Waals surface area contributed by atoms with Gasteiger partial charge in [0.05, 0.1) is 25.0 Å². The van der Waals surface area contributed by atoms with Crippen molar-refractivity contribution in [1.82, 2.24) is 10.1 Å². The van der Waals surface area contributed by atoms with Gasteiger partial charge in [-0.15, -0.1) is 0 Å². The number of esters is 1. The molecule has 212 valence electrons. The lowest BCUT2D eigenvalue weighted by molar-refractivity contribution is -0.253. The zero-order valence-electron chi connectivity index (χ0n) is 21.7. The van der Waals surface area contributed by atoms with Crippen LogP contribution in [0, 0.1) is 0 Å². The van der Waals surface area contributed by atoms with Crippen molar-refractivity contribution >= 4 is 13.6 Å². The van der Waals surface area contributed by atoms with Gasteiger partial charge in [0.15, 0.2) is 11.5 Å². The standard InChI is InChI=1S/C24H31F4N2O7P/c1-6-33-38(32,34-7-2)17(19(31)36-22(3,4)5)14-18-29-21(30-37-18)23(12-13-23)15-8-10-16(11-9-15)35-24(27,28)20(25)26/h8-11,17,20H,6-7,12-14H2,1-5H3. The van der Waals surface area contributed by atoms with Crippen LogP contribution in [0.4, 0.5) is 17.6 Å². The summed E-state index contributed by atoms with van der Waals surface area (Å²) in [5, 5.41) is 4.03. The molecule has 0 bridgehead atoms. The average Bonchev–Trinajstić information content (AvgIpc) is 3.47. The molecule has 9 nitrogen and oxygen atoms in total. The van der Waals surface area contributed by atoms with Crippen LogP contribution in [0.15, 0.2) is 28.8 Å². The zero-order valence-corrected chi connectivity index (χ0v) is 22.6. The van der Waals surface area contributed by atoms with Gasteiger partial charge in [0.25, 0.3) is 0 Å². The van der Waals surface area contributed by atoms with Crippen molar-refractivity contribution in [3.63, 3.8) is 0 Å². The number of benzene rings is 1. The molecule has 1 aliphatic carbocycles. The van der Waals surface area contributed by atoms with Crippen LogP contribution in [0.25, 0.3) is 0 Å². The molecule has 1 fully saturated rings. The lowest BCUT2D eigenvalue weighted by Gasteiger charge is -2.27. The van der Waals surface area contributed by atoms with Gasteiger partial charge in [0.2, 0.25) is 5.89 Å². The highest BCUT2D eigenvalue weighted by Crippen LogP contribution is 2.55. The van der Waals surface area contributed by atoms with Crippen molar-refractivity contribution in [3.05, 3.63) is 41.5 Å². The highest BCUT2D eigenvalue weighted by atomic mass is 31.2. The van der Waals surface area contributed by atoms with Gasteiger partial charge >= 0.3 is 26.1 Å². The minimum absolute atomic E-state index is 0.00158. The second-order valence-corrected chi connectivity index (χ2v) is 11.9. The van der Waals surface area contributed by atoms with Crippen LogP contribution in [0.1, 0.15) is 64.7 Å². The van der Waals surface area contributed by atoms with Gasteiger partial charge in [-0.3, -0.25) is 9.36 Å². The fourth-order valence-corrected chi connectivity index (χ4v) is 5.62. The number of alkyl halides is 4. The van der Waals surface area contributed by atoms with Crippen LogP contribution in [0.5, 0.6) is 5.75 Å². The summed E-state index contributed by atoms with van der Waals surface area (Å²) in [6.07, 6.45) is -7.66. The SMILES string of the molecule is CCOP(=O)(OCC)C(Cc1nc(C2(c3ccc(OC(F)(F)C(F)F)cc3)CC2)no1)C(=O)OC(C)(C)C. The quantitative estimate of drug-likeness (QED) is 0.166. The Kier molecular flexibility index (Phi) is 8.95. The molecule has 1 aromatic heterocycles. The first kappa shape index (κ1) is 30.0. The molecule has 0 spiro atoms. The van der Waals surface area contributed by atoms with Crippen LogP contribution < -0.4 is 4.74 Å². The van der Waals surface area contributed by atoms with E-state index in [1.165, 1.54) is 12.1 Å². The molecule has 38 heavy (non-hydrogen) atoms. The molecule has 1 unspecified atom stereocenters. The Hall–Kier alpha value is -2.50. The third-order valence-corrected chi connectivity index (χ3v) is 8.00. The van der Waals surface area contributed by atoms with E-state index >= 15 is 0 Å². The molecule has 2 aromatic rings. The summed E-state index contributed by atoms with van der Waals surface area (Å²) in [5.41, 5.74) is -2.30. The summed E-state index contributed by atoms with van der Waals surface area (Å²) in [7, 11) is -3.97. The maximum atomic E-state index is 13.5. The van der Waals surface area contributed by atoms with Crippen LogP contribution in [-0.2, 0) is 35.0 Å². The van der Waals surface area contributed by atoms with E-state index in [0.29, 0.717) is 18.4 Å². The van der Waals surface area contributed by atoms with Crippen LogP contribution in [-0.4, -0.2) is 53.1 Å². The molecule has 0 radical (unpaired) electrons. The van der Waals surface area contributed by atoms with Gasteiger partial charge in [0, 0.05) is 0 Å². The molecular formula is C24H31F4N2O7P. The monoisotopic (exact) mass is 566 g/mol. The van der Waals surface area contributed by atoms with Gasteiger partial charge in [-0.2, -0.15) is 22.5 Å². The molecule has 1 aromatic carbocycles. The number of carbonyl (C=O) groups is 1. The molecule has 0 N–H and O–H groups in total. The van der Waals surface area contributed by atoms with Crippen molar-refractivity contribution in [2.45, 2.75) is 83.1 Å². The van der Waals surface area contributed by atoms with Crippen molar-refractivity contribution < 1.29 is 50.0 Å². The van der Waals surface area contributed by atoms with E-state index in [2.05, 4.69) is 14.9 Å². The molecule has 1 aliphatic rings. The minimum atomic E-state index is -4.62. The number of rotatable bonds is 13. The highest BCUT2D eigenvalue weighted by Gasteiger charge is 2.51. The summed E-state index contributed by atoms with van der Waals surface area (Å²) in [6.45, 7) is 8.28. The number of ether oxygens (including phenoxy) is 2. The number of hydrogen-bond acceptors (Lipinski definition) is 9. The van der Waals surface area contributed by atoms with Crippen molar-refractivity contribution in [3.8, 4) is 5.75 Å². The van der Waals surface area contributed by atoms with Gasteiger partial charge < -0.3 is 23.0 Å². The van der Waals surface area contributed by atoms with Gasteiger partial charge in [-0.1, -0.05) is 17.3 Å². The summed E-state index contributed by atoms with van der Waals surface area (Å²) >= 11 is 0. The van der Waals surface area contributed by atoms with Crippen LogP contribution in [0.3, 0.4) is 0 Å². The fraction of sp³-hybridized carbons (Fsp3) is 0.625. The van der Waals surface area contributed by atoms with Crippen molar-refractivity contribution in [2.24, 2.45) is 0 Å². The maximum Gasteiger partial charge on any atom is 0.461 e. The minimum Gasteiger partial charge on any atom is -0.459 e. The van der Waals surface area contributed by atoms with Gasteiger partial charge in [-0.25, -0.2) is 0 Å². The smallest absolute Gasteiger partial charge is 0.459 e. The van der Waals surface area contributed by atoms with E-state index in [1.807, 2.05) is 0 Å². The van der Waals surface area contributed by atoms with Crippen LogP contribution in [0.2, 0.25) is 0 Å². The molecule has 1 saturated carbocycles. The summed E-state index contributed by atoms with van der Waals surface area (Å²) < 4.78 is 90.5. The number of halogens is 4. The summed E-state index contributed by atoms with van der Waals surface area (Å²) in [5.74, 6) is -0.964. The van der Waals surface area contributed by atoms with E-state index in [0.717, 1.165) is 12.1 Å². The highest BCUT2D eigenvalue weighted by molar-refractivity contribution is 7.55. The fourth-order valence-electron chi connectivity index (χ4n) is 3.78. The largest absolute Gasteiger partial charge is 0.461 e. The van der Waals surface area contributed by atoms with Crippen LogP contribution >= 0.6 is 7.60 Å². The Morgan fingerprint density at radius 1 is 1.11 bits per heavy atom. The van der Waals surface area contributed by atoms with Gasteiger partial charge in [-0.05, 0) is 65.2 Å². The van der Waals surface area contributed by atoms with E-state index in [4.69, 9.17) is 18.3 Å². The van der Waals surface area contributed by atoms with E-state index in [-0.39, 0.29) is 31.3 Å². The van der Waals surface area contributed by atoms with E-state index < -0.39 is 48.5 Å². The second-order valence-electron chi connectivity index (χ2n) is 9.71. The Morgan fingerprint density at radius 3 is 2.16 bits per heavy atom. The first-order valence-corrected chi connectivity index (χ1v) is 13.7. The molecule has 3 rings (SSSR count). The number of nitrogens with zero attached hydrogens (tertiary/aromatic N) is 2. The summed E-state index contributed by atoms with van der Waals surface area (Å²) in [4.78, 5) is 17.4. The van der Waals surface area contributed by atoms with E-state index in [1.54, 1.807) is 34.6 Å². The Morgan fingerprint density at radius 2 is 1.68 bits per heavy atom. The second kappa shape index (κ2) is 11.3. The van der Waals surface area contributed by atoms with Crippen molar-refractivity contribution in [1.29, 1.82) is 0 Å². The molecule has 14 heteroatoms. The predicted molar refractivity (Wildman–Crippen MR) is 127 cm³/mol. The van der Waals surface area contributed by atoms with Crippen molar-refractivity contribution in [2.75, 3.05) is 13.2 Å². The molecule has 0 saturated heterocycles. The first-order chi connectivity index (χ1) is 17.7. The Balaban J connectivity index is 1.84. The normalized spacial score (nSPS) is 16.4. The average molecular weight is 566 g/mol. The lowest BCUT2D eigenvalue weighted by Crippen LogP contribution is -2.34. The van der Waals surface area contributed by atoms with E-state index in [9.17, 15) is 26.9 Å². The molecule has 1 atom stereocenters. The lowest BCUT2D eigenvalue weighted by atomic mass is 9.95. The maximum absolute atomic E-state index is 13.5. The molecule has 1 heterocycles. The third-order valence-electron chi connectivity index (χ3n) is 5.61. The molecular weight excluding hydrogens is 535 g/mol. The Labute approximate surface area is 217 Å². The first-order valence-electron chi connectivity index (χ1n) is 12.1. The number of aromatic nitrogens is 2. The third kappa shape index (κ3) is 6.92. The number of carbonyl (C=O) groups excluding carboxylic acids is 1. The Bertz CT molecular complexity index is 1140. The summed E-state index contributed by atoms with van der Waals surface area (Å²) in [6, 6.07) is 5.24. The van der Waals surface area contributed by atoms with Gasteiger partial charge in [0.1, 0.15) is 11.4 Å². The molecule has 0 aliphatic heterocycles. The molecule has 0 amide bonds. The predicted octanol–water partition coefficient (Wildman–Crippen LogP) is 5.91. The zero-order chi connectivity index (χ0) is 28.4.